The van der Waals surface area contributed by atoms with Crippen molar-refractivity contribution in [1.29, 1.82) is 0 Å². The van der Waals surface area contributed by atoms with Crippen LogP contribution in [-0.2, 0) is 6.54 Å². The highest BCUT2D eigenvalue weighted by molar-refractivity contribution is 5.54. The van der Waals surface area contributed by atoms with Gasteiger partial charge in [0, 0.05) is 24.8 Å². The van der Waals surface area contributed by atoms with E-state index in [4.69, 9.17) is 4.52 Å². The van der Waals surface area contributed by atoms with E-state index < -0.39 is 0 Å². The molecule has 0 aliphatic carbocycles. The van der Waals surface area contributed by atoms with E-state index in [1.807, 2.05) is 36.5 Å². The Hall–Kier alpha value is -2.73. The summed E-state index contributed by atoms with van der Waals surface area (Å²) in [5.74, 6) is 2.88. The molecule has 6 heteroatoms. The quantitative estimate of drug-likeness (QED) is 0.736. The number of aryl methyl sites for hydroxylation is 1. The molecule has 26 heavy (non-hydrogen) atoms. The lowest BCUT2D eigenvalue weighted by atomic mass is 10.1. The molecule has 3 aromatic rings. The molecule has 134 valence electrons. The highest BCUT2D eigenvalue weighted by Crippen LogP contribution is 2.21. The third-order valence-electron chi connectivity index (χ3n) is 4.74. The first-order valence-corrected chi connectivity index (χ1v) is 9.03. The second-order valence-electron chi connectivity index (χ2n) is 6.86. The van der Waals surface area contributed by atoms with Gasteiger partial charge in [-0.2, -0.15) is 4.98 Å². The predicted molar refractivity (Wildman–Crippen MR) is 101 cm³/mol. The van der Waals surface area contributed by atoms with Crippen LogP contribution in [-0.4, -0.2) is 39.7 Å². The Morgan fingerprint density at radius 1 is 1.19 bits per heavy atom. The van der Waals surface area contributed by atoms with Gasteiger partial charge in [0.25, 0.3) is 0 Å². The highest BCUT2D eigenvalue weighted by atomic mass is 16.5. The van der Waals surface area contributed by atoms with Crippen LogP contribution in [0.15, 0.2) is 53.2 Å². The molecule has 0 amide bonds. The predicted octanol–water partition coefficient (Wildman–Crippen LogP) is 3.37. The fourth-order valence-electron chi connectivity index (χ4n) is 3.27. The average molecular weight is 349 g/mol. The first kappa shape index (κ1) is 16.7. The Morgan fingerprint density at radius 3 is 2.88 bits per heavy atom. The number of hydrogen-bond acceptors (Lipinski definition) is 6. The van der Waals surface area contributed by atoms with Crippen LogP contribution in [0.25, 0.3) is 11.4 Å². The van der Waals surface area contributed by atoms with E-state index in [1.165, 1.54) is 12.0 Å². The maximum Gasteiger partial charge on any atom is 0.241 e. The van der Waals surface area contributed by atoms with Crippen molar-refractivity contribution in [3.8, 4) is 11.4 Å². The molecule has 1 aliphatic heterocycles. The molecular weight excluding hydrogens is 326 g/mol. The van der Waals surface area contributed by atoms with Crippen molar-refractivity contribution in [1.82, 2.24) is 20.0 Å². The molecule has 1 aromatic carbocycles. The number of pyridine rings is 1. The first-order chi connectivity index (χ1) is 12.8. The number of benzene rings is 1. The van der Waals surface area contributed by atoms with Gasteiger partial charge in [-0.3, -0.25) is 4.90 Å². The summed E-state index contributed by atoms with van der Waals surface area (Å²) < 4.78 is 5.45. The topological polar surface area (TPSA) is 67.1 Å². The van der Waals surface area contributed by atoms with E-state index in [1.54, 1.807) is 0 Å². The van der Waals surface area contributed by atoms with Crippen molar-refractivity contribution in [2.45, 2.75) is 19.9 Å². The van der Waals surface area contributed by atoms with Crippen molar-refractivity contribution in [2.24, 2.45) is 5.92 Å². The van der Waals surface area contributed by atoms with Gasteiger partial charge in [0.15, 0.2) is 0 Å². The Kier molecular flexibility index (Phi) is 4.93. The van der Waals surface area contributed by atoms with Crippen LogP contribution in [0.1, 0.15) is 17.9 Å². The summed E-state index contributed by atoms with van der Waals surface area (Å²) >= 11 is 0. The largest absolute Gasteiger partial charge is 0.370 e. The summed E-state index contributed by atoms with van der Waals surface area (Å²) in [4.78, 5) is 11.2. The minimum atomic E-state index is 0.608. The number of aromatic nitrogens is 3. The number of hydrogen-bond donors (Lipinski definition) is 1. The number of rotatable bonds is 6. The van der Waals surface area contributed by atoms with Crippen molar-refractivity contribution in [3.63, 3.8) is 0 Å². The van der Waals surface area contributed by atoms with Gasteiger partial charge < -0.3 is 9.84 Å². The van der Waals surface area contributed by atoms with Crippen LogP contribution >= 0.6 is 0 Å². The van der Waals surface area contributed by atoms with Gasteiger partial charge in [0.05, 0.1) is 6.54 Å². The van der Waals surface area contributed by atoms with E-state index in [0.717, 1.165) is 31.0 Å². The summed E-state index contributed by atoms with van der Waals surface area (Å²) in [7, 11) is 0. The lowest BCUT2D eigenvalue weighted by molar-refractivity contribution is 0.261. The molecule has 4 rings (SSSR count). The zero-order valence-corrected chi connectivity index (χ0v) is 14.9. The fraction of sp³-hybridized carbons (Fsp3) is 0.350. The van der Waals surface area contributed by atoms with Gasteiger partial charge in [0.1, 0.15) is 5.82 Å². The van der Waals surface area contributed by atoms with Crippen LogP contribution in [0, 0.1) is 12.8 Å². The standard InChI is InChI=1S/C20H23N5O/c1-15-5-7-17(8-6-15)20-23-19(26-24-20)14-25-11-9-16(13-25)12-22-18-4-2-3-10-21-18/h2-8,10,16H,9,11-14H2,1H3,(H,21,22)/t16-/m1/s1. The molecule has 1 atom stereocenters. The Bertz CT molecular complexity index is 831. The molecule has 1 aliphatic rings. The maximum atomic E-state index is 5.45. The number of anilines is 1. The second-order valence-corrected chi connectivity index (χ2v) is 6.86. The normalized spacial score (nSPS) is 17.5. The van der Waals surface area contributed by atoms with E-state index in [-0.39, 0.29) is 0 Å². The van der Waals surface area contributed by atoms with Crippen LogP contribution in [0.4, 0.5) is 5.82 Å². The molecule has 0 saturated carbocycles. The highest BCUT2D eigenvalue weighted by Gasteiger charge is 2.24. The molecule has 0 spiro atoms. The summed E-state index contributed by atoms with van der Waals surface area (Å²) in [6, 6.07) is 14.1. The van der Waals surface area contributed by atoms with Gasteiger partial charge in [-0.05, 0) is 37.9 Å². The monoisotopic (exact) mass is 349 g/mol. The molecule has 6 nitrogen and oxygen atoms in total. The van der Waals surface area contributed by atoms with Crippen molar-refractivity contribution in [3.05, 3.63) is 60.1 Å². The first-order valence-electron chi connectivity index (χ1n) is 9.03. The molecule has 1 saturated heterocycles. The maximum absolute atomic E-state index is 5.45. The summed E-state index contributed by atoms with van der Waals surface area (Å²) in [5.41, 5.74) is 2.21. The summed E-state index contributed by atoms with van der Waals surface area (Å²) in [5, 5.41) is 7.53. The lowest BCUT2D eigenvalue weighted by Crippen LogP contribution is -2.23. The van der Waals surface area contributed by atoms with Crippen LogP contribution in [0.2, 0.25) is 0 Å². The molecule has 1 fully saturated rings. The minimum absolute atomic E-state index is 0.608. The SMILES string of the molecule is Cc1ccc(-c2noc(CN3CC[C@H](CNc4ccccn4)C3)n2)cc1. The van der Waals surface area contributed by atoms with Crippen LogP contribution < -0.4 is 5.32 Å². The molecule has 0 unspecified atom stereocenters. The average Bonchev–Trinajstić information content (AvgIpc) is 3.32. The van der Waals surface area contributed by atoms with Crippen molar-refractivity contribution >= 4 is 5.82 Å². The third kappa shape index (κ3) is 4.08. The Balaban J connectivity index is 1.29. The van der Waals surface area contributed by atoms with Crippen LogP contribution in [0.5, 0.6) is 0 Å². The van der Waals surface area contributed by atoms with Crippen molar-refractivity contribution in [2.75, 3.05) is 25.0 Å². The number of nitrogens with one attached hydrogen (secondary N) is 1. The van der Waals surface area contributed by atoms with Gasteiger partial charge in [-0.15, -0.1) is 0 Å². The molecule has 2 aromatic heterocycles. The molecule has 0 radical (unpaired) electrons. The smallest absolute Gasteiger partial charge is 0.241 e. The fourth-order valence-corrected chi connectivity index (χ4v) is 3.27. The van der Waals surface area contributed by atoms with E-state index in [2.05, 4.69) is 44.4 Å². The lowest BCUT2D eigenvalue weighted by Gasteiger charge is -2.14. The van der Waals surface area contributed by atoms with Gasteiger partial charge >= 0.3 is 0 Å². The van der Waals surface area contributed by atoms with Gasteiger partial charge in [-0.25, -0.2) is 4.98 Å². The van der Waals surface area contributed by atoms with E-state index in [0.29, 0.717) is 24.2 Å². The number of likely N-dealkylation sites (tertiary alicyclic amines) is 1. The second kappa shape index (κ2) is 7.66. The molecule has 3 heterocycles. The minimum Gasteiger partial charge on any atom is -0.370 e. The molecule has 1 N–H and O–H groups in total. The van der Waals surface area contributed by atoms with E-state index in [9.17, 15) is 0 Å². The summed E-state index contributed by atoms with van der Waals surface area (Å²) in [6.45, 7) is 5.79. The molecule has 0 bridgehead atoms. The Labute approximate surface area is 153 Å². The van der Waals surface area contributed by atoms with Crippen LogP contribution in [0.3, 0.4) is 0 Å². The van der Waals surface area contributed by atoms with Crippen molar-refractivity contribution < 1.29 is 4.52 Å². The third-order valence-corrected chi connectivity index (χ3v) is 4.74. The Morgan fingerprint density at radius 2 is 2.08 bits per heavy atom. The molecular formula is C20H23N5O. The number of nitrogens with zero attached hydrogens (tertiary/aromatic N) is 4. The zero-order valence-electron chi connectivity index (χ0n) is 14.9. The van der Waals surface area contributed by atoms with E-state index >= 15 is 0 Å². The van der Waals surface area contributed by atoms with Gasteiger partial charge in [-0.1, -0.05) is 41.1 Å². The van der Waals surface area contributed by atoms with Gasteiger partial charge in [0.2, 0.25) is 11.7 Å². The zero-order chi connectivity index (χ0) is 17.8. The summed E-state index contributed by atoms with van der Waals surface area (Å²) in [6.07, 6.45) is 2.98.